The van der Waals surface area contributed by atoms with Crippen LogP contribution in [0.2, 0.25) is 0 Å². The van der Waals surface area contributed by atoms with Crippen molar-refractivity contribution in [2.24, 2.45) is 0 Å². The summed E-state index contributed by atoms with van der Waals surface area (Å²) in [5.74, 6) is 0.533. The first-order chi connectivity index (χ1) is 14.4. The summed E-state index contributed by atoms with van der Waals surface area (Å²) in [4.78, 5) is 33.7. The highest BCUT2D eigenvalue weighted by atomic mass is 16.1. The molecule has 0 radical (unpaired) electrons. The maximum Gasteiger partial charge on any atom is 0.299 e. The van der Waals surface area contributed by atoms with Gasteiger partial charge in [0.25, 0.3) is 5.56 Å². The molecule has 3 aromatic rings. The molecule has 2 heterocycles. The fourth-order valence-corrected chi connectivity index (χ4v) is 3.26. The third-order valence-electron chi connectivity index (χ3n) is 4.98. The summed E-state index contributed by atoms with van der Waals surface area (Å²) in [6, 6.07) is 10.0. The normalized spacial score (nSPS) is 10.6. The zero-order valence-corrected chi connectivity index (χ0v) is 17.4. The van der Waals surface area contributed by atoms with Gasteiger partial charge in [-0.3, -0.25) is 14.2 Å². The van der Waals surface area contributed by atoms with Gasteiger partial charge < -0.3 is 16.4 Å². The average molecular weight is 406 g/mol. The van der Waals surface area contributed by atoms with Crippen molar-refractivity contribution in [1.82, 2.24) is 19.9 Å². The number of aryl methyl sites for hydroxylation is 1. The van der Waals surface area contributed by atoms with E-state index in [-0.39, 0.29) is 23.7 Å². The molecule has 3 rings (SSSR count). The molecule has 1 aromatic carbocycles. The molecule has 0 spiro atoms. The number of pyridine rings is 1. The first kappa shape index (κ1) is 21.0. The molecule has 8 nitrogen and oxygen atoms in total. The Kier molecular flexibility index (Phi) is 6.46. The molecule has 0 aliphatic carbocycles. The number of nitrogens with one attached hydrogen (secondary N) is 2. The molecule has 156 valence electrons. The molecule has 0 saturated carbocycles. The molecule has 4 N–H and O–H groups in total. The minimum atomic E-state index is -0.297. The molecule has 2 aromatic heterocycles. The van der Waals surface area contributed by atoms with Crippen LogP contribution in [0.1, 0.15) is 22.4 Å². The standard InChI is InChI=1S/C22H26N6O2/c1-14-12-26-20(25-10-9-16-7-5-4-6-8-16)22(30)28(14)21-15(2)17(11-19(29)24-3)18(23)13-27-21/h4-8,12-13H,9-11,23H2,1-3H3,(H,24,29)(H,25,26). The zero-order chi connectivity index (χ0) is 21.7. The number of benzene rings is 1. The summed E-state index contributed by atoms with van der Waals surface area (Å²) in [6.45, 7) is 4.18. The number of rotatable bonds is 7. The van der Waals surface area contributed by atoms with Crippen molar-refractivity contribution >= 4 is 17.4 Å². The van der Waals surface area contributed by atoms with Crippen LogP contribution in [0.15, 0.2) is 47.5 Å². The Morgan fingerprint density at radius 3 is 2.57 bits per heavy atom. The first-order valence-corrected chi connectivity index (χ1v) is 9.73. The van der Waals surface area contributed by atoms with Gasteiger partial charge in [0.05, 0.1) is 18.3 Å². The highest BCUT2D eigenvalue weighted by Gasteiger charge is 2.17. The molecule has 0 saturated heterocycles. The predicted molar refractivity (Wildman–Crippen MR) is 118 cm³/mol. The van der Waals surface area contributed by atoms with Crippen LogP contribution in [0.4, 0.5) is 11.5 Å². The van der Waals surface area contributed by atoms with Crippen LogP contribution in [0, 0.1) is 13.8 Å². The summed E-state index contributed by atoms with van der Waals surface area (Å²) in [7, 11) is 1.57. The molecular formula is C22H26N6O2. The summed E-state index contributed by atoms with van der Waals surface area (Å²) >= 11 is 0. The van der Waals surface area contributed by atoms with Gasteiger partial charge in [-0.15, -0.1) is 0 Å². The van der Waals surface area contributed by atoms with Crippen molar-refractivity contribution in [2.45, 2.75) is 26.7 Å². The van der Waals surface area contributed by atoms with Gasteiger partial charge in [0, 0.05) is 25.5 Å². The highest BCUT2D eigenvalue weighted by Crippen LogP contribution is 2.22. The molecule has 8 heteroatoms. The summed E-state index contributed by atoms with van der Waals surface area (Å²) in [6.07, 6.45) is 3.99. The van der Waals surface area contributed by atoms with Crippen LogP contribution in [0.3, 0.4) is 0 Å². The van der Waals surface area contributed by atoms with Crippen LogP contribution in [-0.4, -0.2) is 34.0 Å². The number of anilines is 2. The molecule has 30 heavy (non-hydrogen) atoms. The predicted octanol–water partition coefficient (Wildman–Crippen LogP) is 1.77. The summed E-state index contributed by atoms with van der Waals surface area (Å²) in [5, 5.41) is 5.72. The Balaban J connectivity index is 1.93. The fraction of sp³-hybridized carbons (Fsp3) is 0.273. The molecule has 0 fully saturated rings. The third kappa shape index (κ3) is 4.48. The van der Waals surface area contributed by atoms with Crippen LogP contribution in [0.25, 0.3) is 5.82 Å². The number of amides is 1. The Morgan fingerprint density at radius 2 is 1.87 bits per heavy atom. The Bertz CT molecular complexity index is 1110. The number of likely N-dealkylation sites (N-methyl/N-ethyl adjacent to an activating group) is 1. The second-order valence-corrected chi connectivity index (χ2v) is 7.04. The van der Waals surface area contributed by atoms with E-state index in [1.165, 1.54) is 16.3 Å². The van der Waals surface area contributed by atoms with E-state index in [0.29, 0.717) is 34.9 Å². The number of hydrogen-bond donors (Lipinski definition) is 3. The lowest BCUT2D eigenvalue weighted by molar-refractivity contribution is -0.119. The van der Waals surface area contributed by atoms with E-state index in [1.807, 2.05) is 37.3 Å². The number of carbonyl (C=O) groups is 1. The molecule has 1 amide bonds. The summed E-state index contributed by atoms with van der Waals surface area (Å²) in [5.41, 5.74) is 9.32. The van der Waals surface area contributed by atoms with Crippen LogP contribution in [-0.2, 0) is 17.6 Å². The Hall–Kier alpha value is -3.68. The second kappa shape index (κ2) is 9.21. The third-order valence-corrected chi connectivity index (χ3v) is 4.98. The van der Waals surface area contributed by atoms with E-state index in [1.54, 1.807) is 20.2 Å². The van der Waals surface area contributed by atoms with Gasteiger partial charge in [-0.2, -0.15) is 0 Å². The maximum absolute atomic E-state index is 13.1. The van der Waals surface area contributed by atoms with Crippen molar-refractivity contribution in [3.63, 3.8) is 0 Å². The number of aromatic nitrogens is 3. The van der Waals surface area contributed by atoms with E-state index < -0.39 is 0 Å². The van der Waals surface area contributed by atoms with Gasteiger partial charge in [-0.25, -0.2) is 9.97 Å². The molecule has 0 aliphatic heterocycles. The van der Waals surface area contributed by atoms with E-state index >= 15 is 0 Å². The largest absolute Gasteiger partial charge is 0.397 e. The lowest BCUT2D eigenvalue weighted by Crippen LogP contribution is -2.28. The Labute approximate surface area is 175 Å². The topological polar surface area (TPSA) is 115 Å². The van der Waals surface area contributed by atoms with E-state index in [2.05, 4.69) is 20.6 Å². The number of carbonyl (C=O) groups excluding carboxylic acids is 1. The zero-order valence-electron chi connectivity index (χ0n) is 17.4. The van der Waals surface area contributed by atoms with Gasteiger partial charge in [-0.1, -0.05) is 30.3 Å². The van der Waals surface area contributed by atoms with Crippen LogP contribution >= 0.6 is 0 Å². The fourth-order valence-electron chi connectivity index (χ4n) is 3.26. The lowest BCUT2D eigenvalue weighted by atomic mass is 10.0. The SMILES string of the molecule is CNC(=O)Cc1c(N)cnc(-n2c(C)cnc(NCCc3ccccc3)c2=O)c1C. The van der Waals surface area contributed by atoms with Crippen molar-refractivity contribution in [3.05, 3.63) is 75.5 Å². The van der Waals surface area contributed by atoms with Crippen LogP contribution < -0.4 is 21.9 Å². The molecule has 0 bridgehead atoms. The van der Waals surface area contributed by atoms with Gasteiger partial charge >= 0.3 is 0 Å². The molecule has 0 atom stereocenters. The monoisotopic (exact) mass is 406 g/mol. The quantitative estimate of drug-likeness (QED) is 0.551. The smallest absolute Gasteiger partial charge is 0.299 e. The number of nitrogens with zero attached hydrogens (tertiary/aromatic N) is 3. The second-order valence-electron chi connectivity index (χ2n) is 7.04. The van der Waals surface area contributed by atoms with E-state index in [4.69, 9.17) is 5.73 Å². The van der Waals surface area contributed by atoms with E-state index in [9.17, 15) is 9.59 Å². The summed E-state index contributed by atoms with van der Waals surface area (Å²) < 4.78 is 1.50. The van der Waals surface area contributed by atoms with Crippen molar-refractivity contribution < 1.29 is 4.79 Å². The maximum atomic E-state index is 13.1. The van der Waals surface area contributed by atoms with Gasteiger partial charge in [-0.05, 0) is 37.0 Å². The molecule has 0 unspecified atom stereocenters. The van der Waals surface area contributed by atoms with Crippen molar-refractivity contribution in [3.8, 4) is 5.82 Å². The van der Waals surface area contributed by atoms with Gasteiger partial charge in [0.1, 0.15) is 5.82 Å². The first-order valence-electron chi connectivity index (χ1n) is 9.73. The Morgan fingerprint density at radius 1 is 1.13 bits per heavy atom. The van der Waals surface area contributed by atoms with Crippen molar-refractivity contribution in [2.75, 3.05) is 24.6 Å². The minimum absolute atomic E-state index is 0.116. The van der Waals surface area contributed by atoms with E-state index in [0.717, 1.165) is 6.42 Å². The molecular weight excluding hydrogens is 380 g/mol. The average Bonchev–Trinajstić information content (AvgIpc) is 2.74. The highest BCUT2D eigenvalue weighted by molar-refractivity contribution is 5.80. The number of nitrogen functional groups attached to an aromatic ring is 1. The van der Waals surface area contributed by atoms with Gasteiger partial charge in [0.2, 0.25) is 5.91 Å². The number of hydrogen-bond acceptors (Lipinski definition) is 6. The lowest BCUT2D eigenvalue weighted by Gasteiger charge is -2.17. The minimum Gasteiger partial charge on any atom is -0.397 e. The van der Waals surface area contributed by atoms with Crippen molar-refractivity contribution in [1.29, 1.82) is 0 Å². The molecule has 0 aliphatic rings. The van der Waals surface area contributed by atoms with Gasteiger partial charge in [0.15, 0.2) is 5.82 Å². The number of nitrogens with two attached hydrogens (primary N) is 1. The van der Waals surface area contributed by atoms with Crippen LogP contribution in [0.5, 0.6) is 0 Å².